The van der Waals surface area contributed by atoms with Gasteiger partial charge < -0.3 is 5.32 Å². The number of carbonyl (C=O) groups excluding carboxylic acids is 1. The molecule has 5 nitrogen and oxygen atoms in total. The molecule has 2 aliphatic carbocycles. The maximum Gasteiger partial charge on any atom is 0.237 e. The third-order valence-corrected chi connectivity index (χ3v) is 7.27. The number of nitrogens with zero attached hydrogens (tertiary/aromatic N) is 3. The van der Waals surface area contributed by atoms with Gasteiger partial charge in [-0.05, 0) is 42.5 Å². The van der Waals surface area contributed by atoms with E-state index >= 15 is 0 Å². The third kappa shape index (κ3) is 1.84. The highest BCUT2D eigenvalue weighted by Gasteiger charge is 2.73. The zero-order valence-corrected chi connectivity index (χ0v) is 15.8. The van der Waals surface area contributed by atoms with Gasteiger partial charge in [0.25, 0.3) is 0 Å². The van der Waals surface area contributed by atoms with Crippen LogP contribution >= 0.6 is 0 Å². The molecule has 1 aromatic carbocycles. The van der Waals surface area contributed by atoms with Crippen molar-refractivity contribution in [3.05, 3.63) is 60.2 Å². The number of pyridine rings is 1. The second kappa shape index (κ2) is 5.12. The minimum atomic E-state index is -0.683. The summed E-state index contributed by atoms with van der Waals surface area (Å²) in [6.07, 6.45) is 5.09. The predicted molar refractivity (Wildman–Crippen MR) is 104 cm³/mol. The molecule has 5 rings (SSSR count). The Labute approximate surface area is 158 Å². The normalized spacial score (nSPS) is 27.5. The fraction of sp³-hybridized carbons (Fsp3) is 0.364. The highest BCUT2D eigenvalue weighted by molar-refractivity contribution is 6.01. The topological polar surface area (TPSA) is 67.8 Å². The van der Waals surface area contributed by atoms with E-state index in [2.05, 4.69) is 31.1 Å². The van der Waals surface area contributed by atoms with E-state index in [1.54, 1.807) is 12.4 Å². The number of hydrogen-bond donors (Lipinski definition) is 1. The number of amides is 1. The van der Waals surface area contributed by atoms with Gasteiger partial charge in [-0.25, -0.2) is 9.97 Å². The van der Waals surface area contributed by atoms with Crippen LogP contribution in [0.5, 0.6) is 0 Å². The van der Waals surface area contributed by atoms with Crippen LogP contribution in [-0.4, -0.2) is 20.9 Å². The summed E-state index contributed by atoms with van der Waals surface area (Å²) in [4.78, 5) is 27.6. The van der Waals surface area contributed by atoms with Crippen molar-refractivity contribution in [3.63, 3.8) is 0 Å². The van der Waals surface area contributed by atoms with E-state index < -0.39 is 5.41 Å². The van der Waals surface area contributed by atoms with Crippen molar-refractivity contribution in [2.45, 2.75) is 44.4 Å². The van der Waals surface area contributed by atoms with Crippen LogP contribution in [0.25, 0.3) is 11.0 Å². The van der Waals surface area contributed by atoms with Crippen LogP contribution in [0.4, 0.5) is 5.69 Å². The van der Waals surface area contributed by atoms with E-state index in [0.29, 0.717) is 0 Å². The lowest BCUT2D eigenvalue weighted by molar-refractivity contribution is -0.125. The van der Waals surface area contributed by atoms with Gasteiger partial charge in [0.05, 0.1) is 27.8 Å². The molecule has 2 heterocycles. The fourth-order valence-electron chi connectivity index (χ4n) is 5.22. The van der Waals surface area contributed by atoms with Crippen LogP contribution in [0.3, 0.4) is 0 Å². The quantitative estimate of drug-likeness (QED) is 0.752. The molecule has 1 fully saturated rings. The van der Waals surface area contributed by atoms with Gasteiger partial charge in [-0.2, -0.15) is 0 Å². The van der Waals surface area contributed by atoms with Crippen LogP contribution in [0, 0.1) is 5.41 Å². The van der Waals surface area contributed by atoms with Crippen molar-refractivity contribution in [3.8, 4) is 0 Å². The number of para-hydroxylation sites is 2. The minimum absolute atomic E-state index is 0.00533. The Morgan fingerprint density at radius 2 is 1.56 bits per heavy atom. The molecular weight excluding hydrogens is 336 g/mol. The predicted octanol–water partition coefficient (Wildman–Crippen LogP) is 3.99. The van der Waals surface area contributed by atoms with Gasteiger partial charge in [0.2, 0.25) is 5.91 Å². The smallest absolute Gasteiger partial charge is 0.237 e. The number of aromatic nitrogens is 3. The summed E-state index contributed by atoms with van der Waals surface area (Å²) in [6.45, 7) is 6.63. The first-order chi connectivity index (χ1) is 12.9. The Morgan fingerprint density at radius 1 is 0.926 bits per heavy atom. The van der Waals surface area contributed by atoms with Crippen LogP contribution in [0.1, 0.15) is 45.0 Å². The molecule has 2 atom stereocenters. The van der Waals surface area contributed by atoms with Crippen molar-refractivity contribution >= 4 is 22.6 Å². The van der Waals surface area contributed by atoms with E-state index in [4.69, 9.17) is 9.97 Å². The summed E-state index contributed by atoms with van der Waals surface area (Å²) in [7, 11) is 0. The van der Waals surface area contributed by atoms with Gasteiger partial charge in [0.15, 0.2) is 0 Å². The lowest BCUT2D eigenvalue weighted by Gasteiger charge is -2.39. The molecule has 1 amide bonds. The van der Waals surface area contributed by atoms with Crippen molar-refractivity contribution in [2.75, 3.05) is 5.32 Å². The summed E-state index contributed by atoms with van der Waals surface area (Å²) >= 11 is 0. The molecule has 0 radical (unpaired) electrons. The van der Waals surface area contributed by atoms with E-state index in [1.165, 1.54) is 0 Å². The van der Waals surface area contributed by atoms with Gasteiger partial charge in [-0.1, -0.05) is 32.9 Å². The summed E-state index contributed by atoms with van der Waals surface area (Å²) in [5.41, 5.74) is 3.21. The van der Waals surface area contributed by atoms with Gasteiger partial charge >= 0.3 is 0 Å². The number of rotatable bonds is 2. The Hall–Kier alpha value is -2.82. The number of fused-ring (bicyclic) bond motifs is 6. The number of nitrogens with one attached hydrogen (secondary N) is 1. The molecule has 2 bridgehead atoms. The zero-order chi connectivity index (χ0) is 18.9. The Morgan fingerprint density at radius 3 is 2.22 bits per heavy atom. The molecule has 1 saturated carbocycles. The van der Waals surface area contributed by atoms with E-state index in [0.717, 1.165) is 41.0 Å². The molecule has 136 valence electrons. The van der Waals surface area contributed by atoms with E-state index in [-0.39, 0.29) is 16.7 Å². The minimum Gasteiger partial charge on any atom is -0.325 e. The molecule has 27 heavy (non-hydrogen) atoms. The molecule has 0 aliphatic heterocycles. The highest BCUT2D eigenvalue weighted by atomic mass is 16.2. The molecule has 0 spiro atoms. The van der Waals surface area contributed by atoms with E-state index in [9.17, 15) is 4.79 Å². The van der Waals surface area contributed by atoms with Crippen LogP contribution in [0.2, 0.25) is 0 Å². The maximum atomic E-state index is 13.7. The number of anilines is 1. The first-order valence-corrected chi connectivity index (χ1v) is 9.39. The average molecular weight is 358 g/mol. The first-order valence-electron chi connectivity index (χ1n) is 9.39. The van der Waals surface area contributed by atoms with Crippen molar-refractivity contribution in [2.24, 2.45) is 5.41 Å². The molecular formula is C22H22N4O. The number of benzene rings is 1. The zero-order valence-electron chi connectivity index (χ0n) is 15.8. The van der Waals surface area contributed by atoms with Crippen molar-refractivity contribution < 1.29 is 4.79 Å². The SMILES string of the molecule is CC12CCC(C(=O)Nc3ccncc3)(c3nc4ccccc4nc31)C2(C)C. The largest absolute Gasteiger partial charge is 0.325 e. The summed E-state index contributed by atoms with van der Waals surface area (Å²) in [5, 5.41) is 3.12. The molecule has 2 aliphatic rings. The Kier molecular flexibility index (Phi) is 3.10. The number of hydrogen-bond acceptors (Lipinski definition) is 4. The second-order valence-electron chi connectivity index (χ2n) is 8.46. The van der Waals surface area contributed by atoms with Crippen LogP contribution in [0.15, 0.2) is 48.8 Å². The van der Waals surface area contributed by atoms with Gasteiger partial charge in [0.1, 0.15) is 0 Å². The van der Waals surface area contributed by atoms with Gasteiger partial charge in [-0.3, -0.25) is 9.78 Å². The summed E-state index contributed by atoms with van der Waals surface area (Å²) in [6, 6.07) is 11.5. The highest BCUT2D eigenvalue weighted by Crippen LogP contribution is 2.70. The van der Waals surface area contributed by atoms with Gasteiger partial charge in [0, 0.05) is 23.5 Å². The molecule has 3 aromatic rings. The fourth-order valence-corrected chi connectivity index (χ4v) is 5.22. The molecule has 2 unspecified atom stereocenters. The second-order valence-corrected chi connectivity index (χ2v) is 8.46. The van der Waals surface area contributed by atoms with Gasteiger partial charge in [-0.15, -0.1) is 0 Å². The van der Waals surface area contributed by atoms with E-state index in [1.807, 2.05) is 36.4 Å². The summed E-state index contributed by atoms with van der Waals surface area (Å²) in [5.74, 6) is 0.00533. The maximum absolute atomic E-state index is 13.7. The molecule has 5 heteroatoms. The molecule has 1 N–H and O–H groups in total. The van der Waals surface area contributed by atoms with Crippen LogP contribution < -0.4 is 5.32 Å². The lowest BCUT2D eigenvalue weighted by atomic mass is 9.63. The Balaban J connectivity index is 1.72. The number of carbonyl (C=O) groups is 1. The average Bonchev–Trinajstić information content (AvgIpc) is 2.97. The van der Waals surface area contributed by atoms with Crippen molar-refractivity contribution in [1.29, 1.82) is 0 Å². The third-order valence-electron chi connectivity index (χ3n) is 7.27. The first kappa shape index (κ1) is 16.4. The standard InChI is InChI=1S/C22H22N4O/c1-20(2)21(3)10-11-22(20,19(27)24-14-8-12-23-13-9-14)18-17(21)25-15-6-4-5-7-16(15)26-18/h4-9,12-13H,10-11H2,1-3H3,(H,23,24,27). The summed E-state index contributed by atoms with van der Waals surface area (Å²) < 4.78 is 0. The molecule has 0 saturated heterocycles. The van der Waals surface area contributed by atoms with Crippen molar-refractivity contribution in [1.82, 2.24) is 15.0 Å². The lowest BCUT2D eigenvalue weighted by Crippen LogP contribution is -2.48. The van der Waals surface area contributed by atoms with Crippen LogP contribution in [-0.2, 0) is 15.6 Å². The Bertz CT molecular complexity index is 1080. The monoisotopic (exact) mass is 358 g/mol. The molecule has 2 aromatic heterocycles.